The normalized spacial score (nSPS) is 14.0. The number of likely N-dealkylation sites (tertiary alicyclic amines) is 1. The van der Waals surface area contributed by atoms with E-state index in [2.05, 4.69) is 27.6 Å². The summed E-state index contributed by atoms with van der Waals surface area (Å²) in [5.74, 6) is -4.07. The molecule has 36 heavy (non-hydrogen) atoms. The Hall–Kier alpha value is -3.80. The van der Waals surface area contributed by atoms with Crippen LogP contribution in [0.3, 0.4) is 0 Å². The molecule has 1 aliphatic heterocycles. The molecule has 194 valence electrons. The van der Waals surface area contributed by atoms with Crippen molar-refractivity contribution in [2.75, 3.05) is 18.8 Å². The summed E-state index contributed by atoms with van der Waals surface area (Å²) in [5.41, 5.74) is 9.48. The molecule has 12 heteroatoms. The monoisotopic (exact) mass is 508 g/mol. The lowest BCUT2D eigenvalue weighted by molar-refractivity contribution is -0.192. The van der Waals surface area contributed by atoms with Gasteiger partial charge in [-0.2, -0.15) is 13.2 Å². The quantitative estimate of drug-likeness (QED) is 0.413. The summed E-state index contributed by atoms with van der Waals surface area (Å²) in [7, 11) is 2.08. The van der Waals surface area contributed by atoms with Crippen LogP contribution < -0.4 is 11.3 Å². The van der Waals surface area contributed by atoms with Gasteiger partial charge in [0.2, 0.25) is 0 Å². The molecule has 0 unspecified atom stereocenters. The van der Waals surface area contributed by atoms with E-state index in [0.29, 0.717) is 17.7 Å². The molecule has 0 spiro atoms. The molecule has 2 aromatic heterocycles. The summed E-state index contributed by atoms with van der Waals surface area (Å²) in [6.45, 7) is 5.11. The van der Waals surface area contributed by atoms with E-state index in [9.17, 15) is 27.9 Å². The number of aryl methyl sites for hydroxylation is 1. The van der Waals surface area contributed by atoms with Gasteiger partial charge in [0, 0.05) is 35.8 Å². The molecule has 1 fully saturated rings. The maximum atomic E-state index is 12.3. The van der Waals surface area contributed by atoms with Crippen molar-refractivity contribution in [2.24, 2.45) is 7.05 Å². The highest BCUT2D eigenvalue weighted by Crippen LogP contribution is 2.31. The molecule has 4 rings (SSSR count). The molecule has 0 radical (unpaired) electrons. The van der Waals surface area contributed by atoms with Crippen molar-refractivity contribution < 1.29 is 33.0 Å². The van der Waals surface area contributed by atoms with Crippen LogP contribution in [0.25, 0.3) is 22.2 Å². The van der Waals surface area contributed by atoms with E-state index in [4.69, 9.17) is 15.6 Å². The Balaban J connectivity index is 0.000000454. The molecule has 5 N–H and O–H groups in total. The third-order valence-corrected chi connectivity index (χ3v) is 6.19. The average molecular weight is 508 g/mol. The van der Waals surface area contributed by atoms with Crippen LogP contribution in [0.4, 0.5) is 18.9 Å². The number of nitrogens with two attached hydrogens (primary N) is 1. The van der Waals surface area contributed by atoms with E-state index in [-0.39, 0.29) is 11.3 Å². The Labute approximate surface area is 203 Å². The first-order valence-electron chi connectivity index (χ1n) is 11.2. The Kier molecular flexibility index (Phi) is 7.77. The van der Waals surface area contributed by atoms with Crippen molar-refractivity contribution in [1.82, 2.24) is 14.5 Å². The van der Waals surface area contributed by atoms with E-state index in [1.165, 1.54) is 18.5 Å². The van der Waals surface area contributed by atoms with Crippen LogP contribution in [-0.2, 0) is 24.8 Å². The summed E-state index contributed by atoms with van der Waals surface area (Å²) in [5, 5.41) is 17.5. The standard InChI is InChI=1S/C22H26N4O3.C2HF3O2/c1-3-16-19(23)18(22(28)29)21(27)24-20(16)13-6-7-17-14(10-13)11-15(25(17)2)12-26-8-4-5-9-26;3-2(4,5)1(6)7/h6-7,10-11H,3-5,8-9,12H2,1-2H3,(H,28,29)(H3,23,24,27);(H,6,7). The number of nitrogen functional groups attached to an aromatic ring is 1. The number of carboxylic acids is 2. The summed E-state index contributed by atoms with van der Waals surface area (Å²) in [6.07, 6.45) is -2.05. The second-order valence-corrected chi connectivity index (χ2v) is 8.51. The van der Waals surface area contributed by atoms with Gasteiger partial charge in [0.05, 0.1) is 11.4 Å². The number of H-pyrrole nitrogens is 1. The predicted molar refractivity (Wildman–Crippen MR) is 128 cm³/mol. The number of carbonyl (C=O) groups is 2. The number of halogens is 3. The fourth-order valence-electron chi connectivity index (χ4n) is 4.37. The van der Waals surface area contributed by atoms with Crippen molar-refractivity contribution in [3.63, 3.8) is 0 Å². The molecule has 3 aromatic rings. The number of hydrogen-bond acceptors (Lipinski definition) is 5. The number of aromatic carboxylic acids is 1. The molecular weight excluding hydrogens is 481 g/mol. The van der Waals surface area contributed by atoms with Crippen LogP contribution >= 0.6 is 0 Å². The van der Waals surface area contributed by atoms with Gasteiger partial charge in [0.1, 0.15) is 5.56 Å². The van der Waals surface area contributed by atoms with Crippen LogP contribution in [0, 0.1) is 0 Å². The molecular formula is C24H27F3N4O5. The van der Waals surface area contributed by atoms with E-state index < -0.39 is 23.7 Å². The van der Waals surface area contributed by atoms with Gasteiger partial charge in [-0.3, -0.25) is 9.69 Å². The molecule has 0 bridgehead atoms. The fourth-order valence-corrected chi connectivity index (χ4v) is 4.37. The number of hydrogen-bond donors (Lipinski definition) is 4. The largest absolute Gasteiger partial charge is 0.490 e. The predicted octanol–water partition coefficient (Wildman–Crippen LogP) is 3.61. The van der Waals surface area contributed by atoms with Gasteiger partial charge in [-0.25, -0.2) is 9.59 Å². The molecule has 1 saturated heterocycles. The van der Waals surface area contributed by atoms with Crippen molar-refractivity contribution in [1.29, 1.82) is 0 Å². The van der Waals surface area contributed by atoms with Crippen LogP contribution in [0.1, 0.15) is 41.4 Å². The van der Waals surface area contributed by atoms with Crippen molar-refractivity contribution in [3.8, 4) is 11.3 Å². The Morgan fingerprint density at radius 2 is 1.75 bits per heavy atom. The number of anilines is 1. The third-order valence-electron chi connectivity index (χ3n) is 6.19. The molecule has 0 atom stereocenters. The average Bonchev–Trinajstić information content (AvgIpc) is 3.41. The van der Waals surface area contributed by atoms with Crippen molar-refractivity contribution >= 4 is 28.5 Å². The zero-order valence-electron chi connectivity index (χ0n) is 19.8. The molecule has 1 aromatic carbocycles. The first kappa shape index (κ1) is 26.8. The SMILES string of the molecule is CCc1c(-c2ccc3c(c2)cc(CN2CCCC2)n3C)[nH]c(=O)c(C(=O)O)c1N.O=C(O)C(F)(F)F. The van der Waals surface area contributed by atoms with E-state index in [1.807, 2.05) is 25.1 Å². The van der Waals surface area contributed by atoms with Gasteiger partial charge in [-0.05, 0) is 56.1 Å². The number of aliphatic carboxylic acids is 1. The summed E-state index contributed by atoms with van der Waals surface area (Å²) in [6, 6.07) is 8.21. The number of fused-ring (bicyclic) bond motifs is 1. The van der Waals surface area contributed by atoms with Crippen LogP contribution in [0.15, 0.2) is 29.1 Å². The second kappa shape index (κ2) is 10.4. The summed E-state index contributed by atoms with van der Waals surface area (Å²) < 4.78 is 33.9. The Morgan fingerprint density at radius 1 is 1.14 bits per heavy atom. The number of rotatable bonds is 5. The maximum absolute atomic E-state index is 12.3. The zero-order valence-corrected chi connectivity index (χ0v) is 19.8. The summed E-state index contributed by atoms with van der Waals surface area (Å²) >= 11 is 0. The maximum Gasteiger partial charge on any atom is 0.490 e. The lowest BCUT2D eigenvalue weighted by Crippen LogP contribution is -2.22. The highest BCUT2D eigenvalue weighted by Gasteiger charge is 2.38. The number of aromatic amines is 1. The van der Waals surface area contributed by atoms with Gasteiger partial charge >= 0.3 is 18.1 Å². The lowest BCUT2D eigenvalue weighted by atomic mass is 9.99. The number of benzene rings is 1. The minimum absolute atomic E-state index is 0.0432. The number of carboxylic acid groups (broad SMARTS) is 2. The van der Waals surface area contributed by atoms with Crippen molar-refractivity contribution in [2.45, 2.75) is 38.9 Å². The zero-order chi connectivity index (χ0) is 26.8. The van der Waals surface area contributed by atoms with Crippen molar-refractivity contribution in [3.05, 3.63) is 51.4 Å². The molecule has 1 aliphatic rings. The Morgan fingerprint density at radius 3 is 2.28 bits per heavy atom. The van der Waals surface area contributed by atoms with Crippen LogP contribution in [-0.4, -0.2) is 55.9 Å². The third kappa shape index (κ3) is 5.54. The minimum Gasteiger partial charge on any atom is -0.477 e. The molecule has 9 nitrogen and oxygen atoms in total. The van der Waals surface area contributed by atoms with Gasteiger partial charge in [-0.1, -0.05) is 13.0 Å². The Bertz CT molecular complexity index is 1350. The van der Waals surface area contributed by atoms with Gasteiger partial charge in [0.15, 0.2) is 0 Å². The highest BCUT2D eigenvalue weighted by molar-refractivity contribution is 5.96. The summed E-state index contributed by atoms with van der Waals surface area (Å²) in [4.78, 5) is 37.9. The smallest absolute Gasteiger partial charge is 0.477 e. The topological polar surface area (TPSA) is 142 Å². The van der Waals surface area contributed by atoms with E-state index in [1.54, 1.807) is 0 Å². The lowest BCUT2D eigenvalue weighted by Gasteiger charge is -2.15. The van der Waals surface area contributed by atoms with Gasteiger partial charge < -0.3 is 25.5 Å². The first-order chi connectivity index (χ1) is 16.8. The number of alkyl halides is 3. The number of nitrogens with one attached hydrogen (secondary N) is 1. The van der Waals surface area contributed by atoms with Crippen LogP contribution in [0.2, 0.25) is 0 Å². The molecule has 0 amide bonds. The second-order valence-electron chi connectivity index (χ2n) is 8.51. The number of pyridine rings is 1. The highest BCUT2D eigenvalue weighted by atomic mass is 19.4. The van der Waals surface area contributed by atoms with Gasteiger partial charge in [-0.15, -0.1) is 0 Å². The van der Waals surface area contributed by atoms with E-state index >= 15 is 0 Å². The van der Waals surface area contributed by atoms with E-state index in [0.717, 1.165) is 36.1 Å². The number of aromatic nitrogens is 2. The number of nitrogens with zero attached hydrogens (tertiary/aromatic N) is 2. The fraction of sp³-hybridized carbons (Fsp3) is 0.375. The molecule has 0 aliphatic carbocycles. The van der Waals surface area contributed by atoms with Crippen LogP contribution in [0.5, 0.6) is 0 Å². The minimum atomic E-state index is -5.08. The first-order valence-corrected chi connectivity index (χ1v) is 11.2. The molecule has 0 saturated carbocycles. The molecule has 3 heterocycles. The van der Waals surface area contributed by atoms with Gasteiger partial charge in [0.25, 0.3) is 5.56 Å².